The van der Waals surface area contributed by atoms with E-state index in [-0.39, 0.29) is 19.8 Å². The van der Waals surface area contributed by atoms with E-state index in [1.54, 1.807) is 23.9 Å². The third-order valence-corrected chi connectivity index (χ3v) is 6.05. The maximum absolute atomic E-state index is 13.3. The molecular formula is C28H23ClN4O3. The molecule has 180 valence electrons. The number of esters is 1. The molecule has 7 nitrogen and oxygen atoms in total. The van der Waals surface area contributed by atoms with Gasteiger partial charge in [-0.1, -0.05) is 65.3 Å². The highest BCUT2D eigenvalue weighted by atomic mass is 35.5. The smallest absolute Gasteiger partial charge is 0.340 e. The summed E-state index contributed by atoms with van der Waals surface area (Å²) in [6.07, 6.45) is 1.79. The lowest BCUT2D eigenvalue weighted by Crippen LogP contribution is -2.15. The molecule has 0 saturated carbocycles. The standard InChI is InChI=1S/C28H23ClN4O3/c1-2-36-28(35)27-25(16-33-15-24(31-32-33)20-10-6-7-18(13-20)17-34)30-23-12-11-21(29)14-22(23)26(27)19-8-4-3-5-9-19/h3-15,34H,2,16-17H2,1H3. The molecule has 0 saturated heterocycles. The SMILES string of the molecule is CCOC(=O)c1c(Cn2cc(-c3cccc(CO)c3)nn2)nc2ccc(Cl)cc2c1-c1ccccc1. The number of aromatic nitrogens is 4. The van der Waals surface area contributed by atoms with Crippen LogP contribution in [0.2, 0.25) is 5.02 Å². The van der Waals surface area contributed by atoms with Crippen molar-refractivity contribution in [3.05, 3.63) is 101 Å². The van der Waals surface area contributed by atoms with Gasteiger partial charge in [0, 0.05) is 21.5 Å². The Morgan fingerprint density at radius 1 is 1.03 bits per heavy atom. The lowest BCUT2D eigenvalue weighted by Gasteiger charge is -2.17. The second-order valence-electron chi connectivity index (χ2n) is 8.22. The monoisotopic (exact) mass is 498 g/mol. The van der Waals surface area contributed by atoms with E-state index in [0.717, 1.165) is 22.1 Å². The lowest BCUT2D eigenvalue weighted by atomic mass is 9.94. The highest BCUT2D eigenvalue weighted by Gasteiger charge is 2.24. The second-order valence-corrected chi connectivity index (χ2v) is 8.65. The molecule has 0 aliphatic heterocycles. The largest absolute Gasteiger partial charge is 0.462 e. The summed E-state index contributed by atoms with van der Waals surface area (Å²) in [6.45, 7) is 2.15. The summed E-state index contributed by atoms with van der Waals surface area (Å²) in [6, 6.07) is 22.6. The van der Waals surface area contributed by atoms with E-state index in [9.17, 15) is 9.90 Å². The van der Waals surface area contributed by atoms with Crippen molar-refractivity contribution in [2.24, 2.45) is 0 Å². The lowest BCUT2D eigenvalue weighted by molar-refractivity contribution is 0.0525. The number of aliphatic hydroxyl groups excluding tert-OH is 1. The number of halogens is 1. The number of ether oxygens (including phenoxy) is 1. The molecule has 5 aromatic rings. The molecule has 0 radical (unpaired) electrons. The normalized spacial score (nSPS) is 11.1. The van der Waals surface area contributed by atoms with Crippen molar-refractivity contribution in [1.82, 2.24) is 20.0 Å². The molecule has 2 heterocycles. The van der Waals surface area contributed by atoms with E-state index in [0.29, 0.717) is 33.1 Å². The first-order valence-corrected chi connectivity index (χ1v) is 11.9. The molecule has 36 heavy (non-hydrogen) atoms. The molecule has 1 N–H and O–H groups in total. The van der Waals surface area contributed by atoms with Crippen LogP contribution >= 0.6 is 11.6 Å². The van der Waals surface area contributed by atoms with Crippen LogP contribution in [0.1, 0.15) is 28.5 Å². The third kappa shape index (κ3) is 4.71. The van der Waals surface area contributed by atoms with Crippen LogP contribution in [0.3, 0.4) is 0 Å². The van der Waals surface area contributed by atoms with Crippen molar-refractivity contribution in [2.75, 3.05) is 6.61 Å². The fraction of sp³-hybridized carbons (Fsp3) is 0.143. The Bertz CT molecular complexity index is 1550. The molecule has 0 aliphatic rings. The first-order chi connectivity index (χ1) is 17.6. The van der Waals surface area contributed by atoms with Crippen LogP contribution in [0.15, 0.2) is 79.0 Å². The minimum absolute atomic E-state index is 0.0574. The highest BCUT2D eigenvalue weighted by Crippen LogP contribution is 2.35. The van der Waals surface area contributed by atoms with Crippen molar-refractivity contribution in [1.29, 1.82) is 0 Å². The van der Waals surface area contributed by atoms with Gasteiger partial charge in [0.2, 0.25) is 0 Å². The van der Waals surface area contributed by atoms with Crippen LogP contribution in [0.5, 0.6) is 0 Å². The van der Waals surface area contributed by atoms with Gasteiger partial charge in [0.25, 0.3) is 0 Å². The number of fused-ring (bicyclic) bond motifs is 1. The van der Waals surface area contributed by atoms with Gasteiger partial charge in [0.05, 0.1) is 42.7 Å². The van der Waals surface area contributed by atoms with Crippen molar-refractivity contribution in [3.8, 4) is 22.4 Å². The van der Waals surface area contributed by atoms with Gasteiger partial charge in [-0.05, 0) is 42.3 Å². The summed E-state index contributed by atoms with van der Waals surface area (Å²) in [5.74, 6) is -0.461. The molecule has 0 aliphatic carbocycles. The summed E-state index contributed by atoms with van der Waals surface area (Å²) in [4.78, 5) is 18.1. The minimum Gasteiger partial charge on any atom is -0.462 e. The van der Waals surface area contributed by atoms with E-state index >= 15 is 0 Å². The Kier molecular flexibility index (Phi) is 6.75. The fourth-order valence-corrected chi connectivity index (χ4v) is 4.39. The number of carbonyl (C=O) groups is 1. The summed E-state index contributed by atoms with van der Waals surface area (Å²) >= 11 is 6.34. The minimum atomic E-state index is -0.461. The molecule has 0 fully saturated rings. The van der Waals surface area contributed by atoms with Gasteiger partial charge in [-0.15, -0.1) is 5.10 Å². The van der Waals surface area contributed by atoms with E-state index in [1.165, 1.54) is 0 Å². The molecule has 0 bridgehead atoms. The van der Waals surface area contributed by atoms with Crippen LogP contribution in [-0.4, -0.2) is 37.7 Å². The van der Waals surface area contributed by atoms with Gasteiger partial charge in [-0.2, -0.15) is 0 Å². The molecule has 0 unspecified atom stereocenters. The number of aliphatic hydroxyl groups is 1. The van der Waals surface area contributed by atoms with E-state index < -0.39 is 5.97 Å². The molecule has 0 amide bonds. The predicted molar refractivity (Wildman–Crippen MR) is 139 cm³/mol. The van der Waals surface area contributed by atoms with Crippen LogP contribution in [-0.2, 0) is 17.9 Å². The van der Waals surface area contributed by atoms with E-state index in [4.69, 9.17) is 21.3 Å². The summed E-state index contributed by atoms with van der Waals surface area (Å²) < 4.78 is 7.11. The van der Waals surface area contributed by atoms with Crippen molar-refractivity contribution in [2.45, 2.75) is 20.1 Å². The van der Waals surface area contributed by atoms with Gasteiger partial charge in [-0.25, -0.2) is 14.5 Å². The molecule has 2 aromatic heterocycles. The molecule has 0 atom stereocenters. The van der Waals surface area contributed by atoms with Gasteiger partial charge in [0.15, 0.2) is 0 Å². The van der Waals surface area contributed by atoms with Crippen LogP contribution in [0.4, 0.5) is 0 Å². The van der Waals surface area contributed by atoms with Gasteiger partial charge in [-0.3, -0.25) is 0 Å². The Hall–Kier alpha value is -4.07. The van der Waals surface area contributed by atoms with Crippen LogP contribution in [0, 0.1) is 0 Å². The highest BCUT2D eigenvalue weighted by molar-refractivity contribution is 6.31. The maximum Gasteiger partial charge on any atom is 0.340 e. The molecule has 0 spiro atoms. The molecular weight excluding hydrogens is 476 g/mol. The van der Waals surface area contributed by atoms with Crippen molar-refractivity contribution >= 4 is 28.5 Å². The topological polar surface area (TPSA) is 90.1 Å². The van der Waals surface area contributed by atoms with Gasteiger partial charge < -0.3 is 9.84 Å². The molecule has 3 aromatic carbocycles. The second kappa shape index (κ2) is 10.3. The van der Waals surface area contributed by atoms with E-state index in [2.05, 4.69) is 10.3 Å². The molecule has 5 rings (SSSR count). The fourth-order valence-electron chi connectivity index (χ4n) is 4.22. The first kappa shape index (κ1) is 23.7. The van der Waals surface area contributed by atoms with Gasteiger partial charge >= 0.3 is 5.97 Å². The van der Waals surface area contributed by atoms with Crippen molar-refractivity contribution in [3.63, 3.8) is 0 Å². The van der Waals surface area contributed by atoms with Gasteiger partial charge in [0.1, 0.15) is 5.69 Å². The van der Waals surface area contributed by atoms with E-state index in [1.807, 2.05) is 66.7 Å². The number of nitrogens with zero attached hydrogens (tertiary/aromatic N) is 4. The average Bonchev–Trinajstić information content (AvgIpc) is 3.37. The van der Waals surface area contributed by atoms with Crippen LogP contribution in [0.25, 0.3) is 33.3 Å². The Morgan fingerprint density at radius 3 is 2.61 bits per heavy atom. The first-order valence-electron chi connectivity index (χ1n) is 11.5. The van der Waals surface area contributed by atoms with Crippen molar-refractivity contribution < 1.29 is 14.6 Å². The number of pyridine rings is 1. The quantitative estimate of drug-likeness (QED) is 0.297. The summed E-state index contributed by atoms with van der Waals surface area (Å²) in [5, 5.41) is 19.3. The number of rotatable bonds is 7. The predicted octanol–water partition coefficient (Wildman–Crippen LogP) is 5.53. The number of hydrogen-bond acceptors (Lipinski definition) is 6. The number of carbonyl (C=O) groups excluding carboxylic acids is 1. The number of benzene rings is 3. The third-order valence-electron chi connectivity index (χ3n) is 5.82. The zero-order valence-corrected chi connectivity index (χ0v) is 20.3. The zero-order chi connectivity index (χ0) is 25.1. The average molecular weight is 499 g/mol. The summed E-state index contributed by atoms with van der Waals surface area (Å²) in [5.41, 5.74) is 5.44. The Balaban J connectivity index is 1.66. The Morgan fingerprint density at radius 2 is 1.83 bits per heavy atom. The number of hydrogen-bond donors (Lipinski definition) is 1. The van der Waals surface area contributed by atoms with Crippen LogP contribution < -0.4 is 0 Å². The summed E-state index contributed by atoms with van der Waals surface area (Å²) in [7, 11) is 0. The Labute approximate surface area is 212 Å². The zero-order valence-electron chi connectivity index (χ0n) is 19.6. The maximum atomic E-state index is 13.3. The molecule has 8 heteroatoms.